The smallest absolute Gasteiger partial charge is 0.141 e. The summed E-state index contributed by atoms with van der Waals surface area (Å²) in [5, 5.41) is 3.44. The van der Waals surface area contributed by atoms with Crippen LogP contribution in [0.15, 0.2) is 47.1 Å². The Morgan fingerprint density at radius 3 is 2.79 bits per heavy atom. The fraction of sp³-hybridized carbons (Fsp3) is 0.267. The van der Waals surface area contributed by atoms with E-state index in [1.54, 1.807) is 6.07 Å². The quantitative estimate of drug-likeness (QED) is 0.891. The van der Waals surface area contributed by atoms with Crippen LogP contribution in [0, 0.1) is 5.82 Å². The molecule has 2 rings (SSSR count). The first-order valence-electron chi connectivity index (χ1n) is 6.28. The van der Waals surface area contributed by atoms with Crippen LogP contribution in [0.3, 0.4) is 0 Å². The van der Waals surface area contributed by atoms with Crippen molar-refractivity contribution < 1.29 is 4.39 Å². The van der Waals surface area contributed by atoms with Gasteiger partial charge in [0.05, 0.1) is 11.9 Å². The highest BCUT2D eigenvalue weighted by molar-refractivity contribution is 9.10. The number of hydrogen-bond acceptors (Lipinski definition) is 2. The summed E-state index contributed by atoms with van der Waals surface area (Å²) in [4.78, 5) is 4.13. The molecule has 2 nitrogen and oxygen atoms in total. The Kier molecular flexibility index (Phi) is 5.05. The van der Waals surface area contributed by atoms with Gasteiger partial charge in [0, 0.05) is 17.1 Å². The molecule has 0 aliphatic heterocycles. The van der Waals surface area contributed by atoms with Gasteiger partial charge in [0.15, 0.2) is 0 Å². The summed E-state index contributed by atoms with van der Waals surface area (Å²) in [5.41, 5.74) is 2.08. The number of hydrogen-bond donors (Lipinski definition) is 1. The zero-order valence-electron chi connectivity index (χ0n) is 10.7. The molecule has 0 aliphatic carbocycles. The minimum absolute atomic E-state index is 0.139. The molecule has 1 heterocycles. The fourth-order valence-electron chi connectivity index (χ4n) is 1.94. The lowest BCUT2D eigenvalue weighted by atomic mass is 10.1. The summed E-state index contributed by atoms with van der Waals surface area (Å²) in [6, 6.07) is 11.5. The molecule has 0 bridgehead atoms. The van der Waals surface area contributed by atoms with E-state index < -0.39 is 0 Å². The first kappa shape index (κ1) is 14.2. The van der Waals surface area contributed by atoms with Crippen LogP contribution in [-0.4, -0.2) is 4.98 Å². The van der Waals surface area contributed by atoms with Gasteiger partial charge in [-0.2, -0.15) is 0 Å². The lowest BCUT2D eigenvalue weighted by molar-refractivity contribution is 0.504. The number of nitrogens with one attached hydrogen (secondary N) is 1. The molecule has 1 aromatic heterocycles. The molecule has 19 heavy (non-hydrogen) atoms. The number of pyridine rings is 1. The third-order valence-electron chi connectivity index (χ3n) is 2.96. The summed E-state index contributed by atoms with van der Waals surface area (Å²) < 4.78 is 13.9. The largest absolute Gasteiger partial charge is 0.305 e. The van der Waals surface area contributed by atoms with Crippen molar-refractivity contribution in [1.29, 1.82) is 0 Å². The monoisotopic (exact) mass is 322 g/mol. The van der Waals surface area contributed by atoms with Gasteiger partial charge >= 0.3 is 0 Å². The molecule has 1 atom stereocenters. The van der Waals surface area contributed by atoms with Crippen LogP contribution in [0.25, 0.3) is 0 Å². The third-order valence-corrected chi connectivity index (χ3v) is 3.45. The van der Waals surface area contributed by atoms with E-state index in [9.17, 15) is 4.39 Å². The second kappa shape index (κ2) is 6.78. The number of halogens is 2. The van der Waals surface area contributed by atoms with E-state index in [1.165, 1.54) is 17.8 Å². The van der Waals surface area contributed by atoms with Gasteiger partial charge in [-0.1, -0.05) is 35.0 Å². The Hall–Kier alpha value is -1.26. The first-order valence-corrected chi connectivity index (χ1v) is 7.07. The summed E-state index contributed by atoms with van der Waals surface area (Å²) in [5.74, 6) is -0.300. The Morgan fingerprint density at radius 1 is 1.32 bits per heavy atom. The Balaban J connectivity index is 2.01. The molecule has 0 spiro atoms. The minimum atomic E-state index is -0.300. The van der Waals surface area contributed by atoms with Crippen molar-refractivity contribution >= 4 is 15.9 Å². The predicted octanol–water partition coefficient (Wildman–Crippen LogP) is 4.22. The van der Waals surface area contributed by atoms with Gasteiger partial charge in [0.1, 0.15) is 5.82 Å². The summed E-state index contributed by atoms with van der Waals surface area (Å²) >= 11 is 3.46. The average molecular weight is 323 g/mol. The maximum atomic E-state index is 12.9. The highest BCUT2D eigenvalue weighted by atomic mass is 79.9. The van der Waals surface area contributed by atoms with Crippen molar-refractivity contribution in [1.82, 2.24) is 10.3 Å². The van der Waals surface area contributed by atoms with Crippen LogP contribution < -0.4 is 5.32 Å². The van der Waals surface area contributed by atoms with Crippen LogP contribution in [0.1, 0.15) is 30.6 Å². The lowest BCUT2D eigenvalue weighted by Gasteiger charge is -2.16. The van der Waals surface area contributed by atoms with Crippen LogP contribution in [0.2, 0.25) is 0 Å². The summed E-state index contributed by atoms with van der Waals surface area (Å²) in [6.45, 7) is 2.85. The van der Waals surface area contributed by atoms with Gasteiger partial charge in [0.2, 0.25) is 0 Å². The molecule has 1 N–H and O–H groups in total. The second-order valence-electron chi connectivity index (χ2n) is 4.37. The topological polar surface area (TPSA) is 24.9 Å². The zero-order chi connectivity index (χ0) is 13.7. The maximum Gasteiger partial charge on any atom is 0.141 e. The van der Waals surface area contributed by atoms with E-state index in [-0.39, 0.29) is 11.9 Å². The van der Waals surface area contributed by atoms with Crippen LogP contribution in [0.4, 0.5) is 4.39 Å². The van der Waals surface area contributed by atoms with Crippen LogP contribution >= 0.6 is 15.9 Å². The molecule has 1 unspecified atom stereocenters. The molecule has 0 saturated heterocycles. The maximum absolute atomic E-state index is 12.9. The van der Waals surface area contributed by atoms with Gasteiger partial charge in [-0.3, -0.25) is 4.98 Å². The molecule has 1 aromatic carbocycles. The van der Waals surface area contributed by atoms with E-state index >= 15 is 0 Å². The van der Waals surface area contributed by atoms with Crippen molar-refractivity contribution in [3.8, 4) is 0 Å². The van der Waals surface area contributed by atoms with Crippen LogP contribution in [0.5, 0.6) is 0 Å². The number of nitrogens with zero attached hydrogens (tertiary/aromatic N) is 1. The number of benzene rings is 1. The Morgan fingerprint density at radius 2 is 2.16 bits per heavy atom. The minimum Gasteiger partial charge on any atom is -0.305 e. The summed E-state index contributed by atoms with van der Waals surface area (Å²) in [7, 11) is 0. The van der Waals surface area contributed by atoms with Gasteiger partial charge in [-0.25, -0.2) is 4.39 Å². The third kappa shape index (κ3) is 4.11. The van der Waals surface area contributed by atoms with E-state index in [4.69, 9.17) is 0 Å². The number of aromatic nitrogens is 1. The van der Waals surface area contributed by atoms with Crippen molar-refractivity contribution in [2.75, 3.05) is 0 Å². The molecule has 0 saturated carbocycles. The zero-order valence-corrected chi connectivity index (χ0v) is 12.3. The lowest BCUT2D eigenvalue weighted by Crippen LogP contribution is -2.21. The first-order chi connectivity index (χ1) is 9.19. The molecule has 100 valence electrons. The summed E-state index contributed by atoms with van der Waals surface area (Å²) in [6.07, 6.45) is 2.17. The average Bonchev–Trinajstić information content (AvgIpc) is 2.41. The van der Waals surface area contributed by atoms with Crippen molar-refractivity contribution in [3.63, 3.8) is 0 Å². The molecular weight excluding hydrogens is 307 g/mol. The normalized spacial score (nSPS) is 12.4. The molecule has 2 aromatic rings. The van der Waals surface area contributed by atoms with Gasteiger partial charge in [-0.05, 0) is 36.2 Å². The Bertz CT molecular complexity index is 528. The van der Waals surface area contributed by atoms with Gasteiger partial charge in [-0.15, -0.1) is 0 Å². The standard InChI is InChI=1S/C15H16BrFN2/c1-2-14(15-7-6-13(17)10-19-15)18-9-11-4-3-5-12(16)8-11/h3-8,10,14,18H,2,9H2,1H3. The van der Waals surface area contributed by atoms with E-state index in [2.05, 4.69) is 45.3 Å². The second-order valence-corrected chi connectivity index (χ2v) is 5.29. The van der Waals surface area contributed by atoms with E-state index in [1.807, 2.05) is 12.1 Å². The van der Waals surface area contributed by atoms with E-state index in [0.717, 1.165) is 23.1 Å². The van der Waals surface area contributed by atoms with Crippen LogP contribution in [-0.2, 0) is 6.54 Å². The molecule has 0 aliphatic rings. The molecule has 0 amide bonds. The highest BCUT2D eigenvalue weighted by Gasteiger charge is 2.10. The highest BCUT2D eigenvalue weighted by Crippen LogP contribution is 2.16. The van der Waals surface area contributed by atoms with Crippen molar-refractivity contribution in [3.05, 3.63) is 64.1 Å². The molecular formula is C15H16BrFN2. The van der Waals surface area contributed by atoms with Crippen molar-refractivity contribution in [2.24, 2.45) is 0 Å². The van der Waals surface area contributed by atoms with Crippen molar-refractivity contribution in [2.45, 2.75) is 25.9 Å². The molecule has 4 heteroatoms. The predicted molar refractivity (Wildman–Crippen MR) is 78.2 cm³/mol. The number of rotatable bonds is 5. The van der Waals surface area contributed by atoms with E-state index in [0.29, 0.717) is 0 Å². The fourth-order valence-corrected chi connectivity index (χ4v) is 2.39. The van der Waals surface area contributed by atoms with Gasteiger partial charge < -0.3 is 5.32 Å². The molecule has 0 fully saturated rings. The molecule has 0 radical (unpaired) electrons. The van der Waals surface area contributed by atoms with Gasteiger partial charge in [0.25, 0.3) is 0 Å². The Labute approximate surface area is 121 Å². The SMILES string of the molecule is CCC(NCc1cccc(Br)c1)c1ccc(F)cn1.